The third kappa shape index (κ3) is 4.40. The predicted molar refractivity (Wildman–Crippen MR) is 87.6 cm³/mol. The average molecular weight is 312 g/mol. The van der Waals surface area contributed by atoms with E-state index < -0.39 is 12.0 Å². The van der Waals surface area contributed by atoms with Gasteiger partial charge in [-0.1, -0.05) is 44.2 Å². The molecule has 0 aliphatic carbocycles. The van der Waals surface area contributed by atoms with E-state index in [9.17, 15) is 14.7 Å². The van der Waals surface area contributed by atoms with E-state index in [2.05, 4.69) is 10.9 Å². The van der Waals surface area contributed by atoms with Crippen LogP contribution in [-0.4, -0.2) is 16.9 Å². The van der Waals surface area contributed by atoms with Crippen LogP contribution in [0.15, 0.2) is 54.6 Å². The number of amides is 2. The van der Waals surface area contributed by atoms with Crippen LogP contribution in [-0.2, 0) is 0 Å². The average Bonchev–Trinajstić information content (AvgIpc) is 2.59. The second kappa shape index (κ2) is 7.56. The molecule has 0 bridgehead atoms. The van der Waals surface area contributed by atoms with Crippen molar-refractivity contribution in [2.45, 2.75) is 20.0 Å². The first-order chi connectivity index (χ1) is 11.0. The molecule has 2 aromatic carbocycles. The van der Waals surface area contributed by atoms with Crippen LogP contribution in [0.25, 0.3) is 0 Å². The minimum Gasteiger partial charge on any atom is -0.388 e. The lowest BCUT2D eigenvalue weighted by atomic mass is 9.98. The first-order valence-electron chi connectivity index (χ1n) is 7.43. The number of aliphatic hydroxyl groups excluding tert-OH is 1. The molecule has 0 aliphatic heterocycles. The molecular formula is C18H20N2O3. The smallest absolute Gasteiger partial charge is 0.269 e. The highest BCUT2D eigenvalue weighted by Crippen LogP contribution is 2.21. The normalized spacial score (nSPS) is 11.8. The molecule has 23 heavy (non-hydrogen) atoms. The van der Waals surface area contributed by atoms with Crippen molar-refractivity contribution < 1.29 is 14.7 Å². The molecule has 0 spiro atoms. The topological polar surface area (TPSA) is 78.4 Å². The fourth-order valence-corrected chi connectivity index (χ4v) is 2.06. The molecule has 0 saturated carbocycles. The van der Waals surface area contributed by atoms with E-state index in [0.717, 1.165) is 5.56 Å². The Bertz CT molecular complexity index is 666. The minimum absolute atomic E-state index is 0.0971. The lowest BCUT2D eigenvalue weighted by Crippen LogP contribution is -2.41. The number of hydrazine groups is 1. The van der Waals surface area contributed by atoms with Crippen molar-refractivity contribution in [3.8, 4) is 0 Å². The number of nitrogens with one attached hydrogen (secondary N) is 2. The SMILES string of the molecule is CC(C)C(O)c1ccc(C(=O)NNC(=O)c2ccccc2)cc1. The van der Waals surface area contributed by atoms with Crippen LogP contribution in [0.2, 0.25) is 0 Å². The third-order valence-corrected chi connectivity index (χ3v) is 3.47. The van der Waals surface area contributed by atoms with E-state index >= 15 is 0 Å². The molecule has 0 aliphatic rings. The Labute approximate surface area is 135 Å². The molecule has 1 unspecified atom stereocenters. The molecule has 0 aromatic heterocycles. The van der Waals surface area contributed by atoms with Gasteiger partial charge in [-0.15, -0.1) is 0 Å². The molecule has 0 radical (unpaired) electrons. The third-order valence-electron chi connectivity index (χ3n) is 3.47. The Morgan fingerprint density at radius 2 is 1.30 bits per heavy atom. The maximum Gasteiger partial charge on any atom is 0.269 e. The molecule has 0 saturated heterocycles. The maximum absolute atomic E-state index is 12.0. The highest BCUT2D eigenvalue weighted by Gasteiger charge is 2.13. The van der Waals surface area contributed by atoms with Gasteiger partial charge in [0.05, 0.1) is 6.10 Å². The summed E-state index contributed by atoms with van der Waals surface area (Å²) in [6.07, 6.45) is -0.565. The first kappa shape index (κ1) is 16.7. The van der Waals surface area contributed by atoms with Crippen LogP contribution >= 0.6 is 0 Å². The zero-order chi connectivity index (χ0) is 16.8. The molecule has 2 amide bonds. The molecule has 5 nitrogen and oxygen atoms in total. The molecule has 0 fully saturated rings. The molecule has 1 atom stereocenters. The fourth-order valence-electron chi connectivity index (χ4n) is 2.06. The number of hydrogen-bond donors (Lipinski definition) is 3. The Kier molecular flexibility index (Phi) is 5.49. The van der Waals surface area contributed by atoms with Crippen LogP contribution in [0.3, 0.4) is 0 Å². The van der Waals surface area contributed by atoms with Crippen molar-refractivity contribution in [2.24, 2.45) is 5.92 Å². The monoisotopic (exact) mass is 312 g/mol. The Hall–Kier alpha value is -2.66. The number of carbonyl (C=O) groups excluding carboxylic acids is 2. The molecule has 3 N–H and O–H groups in total. The quantitative estimate of drug-likeness (QED) is 0.759. The second-order valence-electron chi connectivity index (χ2n) is 5.59. The van der Waals surface area contributed by atoms with Gasteiger partial charge in [-0.05, 0) is 35.7 Å². The van der Waals surface area contributed by atoms with Crippen molar-refractivity contribution in [2.75, 3.05) is 0 Å². The Morgan fingerprint density at radius 1 is 0.826 bits per heavy atom. The van der Waals surface area contributed by atoms with Gasteiger partial charge in [0.25, 0.3) is 11.8 Å². The second-order valence-corrected chi connectivity index (χ2v) is 5.59. The van der Waals surface area contributed by atoms with Gasteiger partial charge in [0.2, 0.25) is 0 Å². The van der Waals surface area contributed by atoms with Crippen LogP contribution in [0, 0.1) is 5.92 Å². The number of carbonyl (C=O) groups is 2. The number of aliphatic hydroxyl groups is 1. The molecule has 2 rings (SSSR count). The molecule has 2 aromatic rings. The van der Waals surface area contributed by atoms with E-state index in [1.165, 1.54) is 0 Å². The van der Waals surface area contributed by atoms with Gasteiger partial charge in [0.15, 0.2) is 0 Å². The summed E-state index contributed by atoms with van der Waals surface area (Å²) in [4.78, 5) is 23.8. The minimum atomic E-state index is -0.565. The fraction of sp³-hybridized carbons (Fsp3) is 0.222. The van der Waals surface area contributed by atoms with Crippen molar-refractivity contribution in [1.29, 1.82) is 0 Å². The van der Waals surface area contributed by atoms with Crippen LogP contribution < -0.4 is 10.9 Å². The molecule has 120 valence electrons. The molecular weight excluding hydrogens is 292 g/mol. The van der Waals surface area contributed by atoms with Crippen LogP contribution in [0.5, 0.6) is 0 Å². The number of benzene rings is 2. The van der Waals surface area contributed by atoms with E-state index in [1.807, 2.05) is 19.9 Å². The summed E-state index contributed by atoms with van der Waals surface area (Å²) in [5.41, 5.74) is 6.35. The van der Waals surface area contributed by atoms with Gasteiger partial charge in [0.1, 0.15) is 0 Å². The summed E-state index contributed by atoms with van der Waals surface area (Å²) in [6.45, 7) is 3.84. The first-order valence-corrected chi connectivity index (χ1v) is 7.43. The standard InChI is InChI=1S/C18H20N2O3/c1-12(2)16(21)13-8-10-15(11-9-13)18(23)20-19-17(22)14-6-4-3-5-7-14/h3-12,16,21H,1-2H3,(H,19,22)(H,20,23). The summed E-state index contributed by atoms with van der Waals surface area (Å²) < 4.78 is 0. The van der Waals surface area contributed by atoms with Crippen LogP contribution in [0.4, 0.5) is 0 Å². The Balaban J connectivity index is 1.95. The van der Waals surface area contributed by atoms with Gasteiger partial charge in [0, 0.05) is 11.1 Å². The summed E-state index contributed by atoms with van der Waals surface area (Å²) in [5.74, 6) is -0.703. The lowest BCUT2D eigenvalue weighted by molar-refractivity contribution is 0.0846. The van der Waals surface area contributed by atoms with E-state index in [0.29, 0.717) is 11.1 Å². The van der Waals surface area contributed by atoms with Crippen molar-refractivity contribution in [3.05, 3.63) is 71.3 Å². The van der Waals surface area contributed by atoms with E-state index in [4.69, 9.17) is 0 Å². The number of hydrogen-bond acceptors (Lipinski definition) is 3. The van der Waals surface area contributed by atoms with Gasteiger partial charge in [-0.25, -0.2) is 0 Å². The highest BCUT2D eigenvalue weighted by atomic mass is 16.3. The summed E-state index contributed by atoms with van der Waals surface area (Å²) in [5, 5.41) is 9.97. The molecule has 5 heteroatoms. The van der Waals surface area contributed by atoms with Gasteiger partial charge < -0.3 is 5.11 Å². The summed E-state index contributed by atoms with van der Waals surface area (Å²) in [7, 11) is 0. The van der Waals surface area contributed by atoms with Crippen molar-refractivity contribution in [3.63, 3.8) is 0 Å². The highest BCUT2D eigenvalue weighted by molar-refractivity contribution is 5.99. The van der Waals surface area contributed by atoms with Crippen molar-refractivity contribution in [1.82, 2.24) is 10.9 Å². The van der Waals surface area contributed by atoms with Gasteiger partial charge >= 0.3 is 0 Å². The zero-order valence-corrected chi connectivity index (χ0v) is 13.1. The molecule has 0 heterocycles. The Morgan fingerprint density at radius 3 is 1.78 bits per heavy atom. The maximum atomic E-state index is 12.0. The summed E-state index contributed by atoms with van der Waals surface area (Å²) in [6, 6.07) is 15.3. The largest absolute Gasteiger partial charge is 0.388 e. The summed E-state index contributed by atoms with van der Waals surface area (Å²) >= 11 is 0. The number of rotatable bonds is 4. The van der Waals surface area contributed by atoms with Gasteiger partial charge in [-0.2, -0.15) is 0 Å². The predicted octanol–water partition coefficient (Wildman–Crippen LogP) is 2.45. The van der Waals surface area contributed by atoms with E-state index in [-0.39, 0.29) is 11.8 Å². The van der Waals surface area contributed by atoms with Crippen molar-refractivity contribution >= 4 is 11.8 Å². The zero-order valence-electron chi connectivity index (χ0n) is 13.1. The van der Waals surface area contributed by atoms with E-state index in [1.54, 1.807) is 48.5 Å². The van der Waals surface area contributed by atoms with Gasteiger partial charge in [-0.3, -0.25) is 20.4 Å². The lowest BCUT2D eigenvalue weighted by Gasteiger charge is -2.15. The van der Waals surface area contributed by atoms with Crippen LogP contribution in [0.1, 0.15) is 46.2 Å².